The Morgan fingerprint density at radius 3 is 2.47 bits per heavy atom. The summed E-state index contributed by atoms with van der Waals surface area (Å²) in [6.45, 7) is -0.129. The van der Waals surface area contributed by atoms with Gasteiger partial charge in [0.25, 0.3) is 5.91 Å². The molecule has 0 aliphatic rings. The van der Waals surface area contributed by atoms with Gasteiger partial charge in [0.1, 0.15) is 11.3 Å². The van der Waals surface area contributed by atoms with Gasteiger partial charge < -0.3 is 15.1 Å². The number of carbonyl (C=O) groups excluding carboxylic acids is 2. The van der Waals surface area contributed by atoms with Crippen molar-refractivity contribution < 1.29 is 27.2 Å². The summed E-state index contributed by atoms with van der Waals surface area (Å²) in [6, 6.07) is 19.4. The molecule has 174 valence electrons. The first-order valence-corrected chi connectivity index (χ1v) is 10.5. The standard InChI is InChI=1S/C26H21F3N2O3/c1-30-24(32)15-31-25(33)18-7-3-6-17(13-18)21-9-4-10-23-22(21)14-20(34-23)12-16-5-2-8-19(11-16)26(27,28)29/h2-11,13-14H,12,15H2,1H3,(H,30,32)(H,31,33). The first-order valence-electron chi connectivity index (χ1n) is 10.5. The average Bonchev–Trinajstić information content (AvgIpc) is 3.24. The van der Waals surface area contributed by atoms with Crippen LogP contribution in [0.15, 0.2) is 77.2 Å². The summed E-state index contributed by atoms with van der Waals surface area (Å²) in [5, 5.41) is 5.79. The summed E-state index contributed by atoms with van der Waals surface area (Å²) in [7, 11) is 1.49. The van der Waals surface area contributed by atoms with Crippen molar-refractivity contribution in [3.63, 3.8) is 0 Å². The van der Waals surface area contributed by atoms with Gasteiger partial charge >= 0.3 is 6.18 Å². The second-order valence-corrected chi connectivity index (χ2v) is 7.74. The van der Waals surface area contributed by atoms with E-state index in [1.54, 1.807) is 30.3 Å². The molecule has 2 N–H and O–H groups in total. The molecule has 0 radical (unpaired) electrons. The summed E-state index contributed by atoms with van der Waals surface area (Å²) in [6.07, 6.45) is -4.20. The largest absolute Gasteiger partial charge is 0.461 e. The molecular formula is C26H21F3N2O3. The van der Waals surface area contributed by atoms with Crippen LogP contribution < -0.4 is 10.6 Å². The quantitative estimate of drug-likeness (QED) is 0.411. The Bertz CT molecular complexity index is 1360. The predicted molar refractivity (Wildman–Crippen MR) is 122 cm³/mol. The maximum Gasteiger partial charge on any atom is 0.416 e. The minimum atomic E-state index is -4.41. The highest BCUT2D eigenvalue weighted by atomic mass is 19.4. The van der Waals surface area contributed by atoms with Crippen molar-refractivity contribution in [2.24, 2.45) is 0 Å². The van der Waals surface area contributed by atoms with E-state index in [-0.39, 0.29) is 24.8 Å². The van der Waals surface area contributed by atoms with Crippen molar-refractivity contribution in [2.75, 3.05) is 13.6 Å². The van der Waals surface area contributed by atoms with Gasteiger partial charge in [-0.3, -0.25) is 9.59 Å². The molecule has 3 aromatic carbocycles. The van der Waals surface area contributed by atoms with Crippen LogP contribution in [0.1, 0.15) is 27.2 Å². The third kappa shape index (κ3) is 5.11. The Kier molecular flexibility index (Phi) is 6.40. The number of halogens is 3. The Labute approximate surface area is 193 Å². The normalized spacial score (nSPS) is 11.4. The molecule has 0 saturated heterocycles. The fourth-order valence-electron chi connectivity index (χ4n) is 3.69. The van der Waals surface area contributed by atoms with Gasteiger partial charge in [0.05, 0.1) is 12.1 Å². The highest BCUT2D eigenvalue weighted by Gasteiger charge is 2.30. The van der Waals surface area contributed by atoms with Crippen LogP contribution in [0.3, 0.4) is 0 Å². The molecule has 5 nitrogen and oxygen atoms in total. The van der Waals surface area contributed by atoms with Crippen LogP contribution in [0, 0.1) is 0 Å². The van der Waals surface area contributed by atoms with Gasteiger partial charge in [0.2, 0.25) is 5.91 Å². The van der Waals surface area contributed by atoms with Crippen LogP contribution in [-0.2, 0) is 17.4 Å². The molecule has 4 aromatic rings. The third-order valence-corrected chi connectivity index (χ3v) is 5.37. The number of amides is 2. The fourth-order valence-corrected chi connectivity index (χ4v) is 3.69. The first kappa shape index (κ1) is 23.1. The molecule has 0 fully saturated rings. The van der Waals surface area contributed by atoms with Gasteiger partial charge in [-0.25, -0.2) is 0 Å². The molecule has 0 atom stereocenters. The van der Waals surface area contributed by atoms with Crippen LogP contribution in [0.5, 0.6) is 0 Å². The molecule has 2 amide bonds. The Morgan fingerprint density at radius 1 is 0.941 bits per heavy atom. The summed E-state index contributed by atoms with van der Waals surface area (Å²) in [4.78, 5) is 23.8. The summed E-state index contributed by atoms with van der Waals surface area (Å²) >= 11 is 0. The number of fused-ring (bicyclic) bond motifs is 1. The summed E-state index contributed by atoms with van der Waals surface area (Å²) in [5.74, 6) is -0.155. The van der Waals surface area contributed by atoms with E-state index in [4.69, 9.17) is 4.42 Å². The lowest BCUT2D eigenvalue weighted by atomic mass is 9.99. The Balaban J connectivity index is 1.62. The second-order valence-electron chi connectivity index (χ2n) is 7.74. The number of likely N-dealkylation sites (N-methyl/N-ethyl adjacent to an activating group) is 1. The molecule has 0 unspecified atom stereocenters. The molecule has 1 heterocycles. The molecular weight excluding hydrogens is 445 g/mol. The minimum Gasteiger partial charge on any atom is -0.461 e. The van der Waals surface area contributed by atoms with Crippen molar-refractivity contribution in [1.29, 1.82) is 0 Å². The van der Waals surface area contributed by atoms with E-state index >= 15 is 0 Å². The molecule has 0 spiro atoms. The lowest BCUT2D eigenvalue weighted by Gasteiger charge is -2.08. The van der Waals surface area contributed by atoms with Gasteiger partial charge in [0.15, 0.2) is 0 Å². The van der Waals surface area contributed by atoms with Crippen molar-refractivity contribution in [2.45, 2.75) is 12.6 Å². The van der Waals surface area contributed by atoms with Crippen molar-refractivity contribution in [1.82, 2.24) is 10.6 Å². The number of rotatable bonds is 6. The number of hydrogen-bond acceptors (Lipinski definition) is 3. The van der Waals surface area contributed by atoms with E-state index in [0.717, 1.165) is 28.6 Å². The van der Waals surface area contributed by atoms with Crippen LogP contribution in [0.2, 0.25) is 0 Å². The van der Waals surface area contributed by atoms with Crippen molar-refractivity contribution in [3.05, 3.63) is 95.2 Å². The lowest BCUT2D eigenvalue weighted by molar-refractivity contribution is -0.137. The zero-order chi connectivity index (χ0) is 24.3. The van der Waals surface area contributed by atoms with Gasteiger partial charge in [-0.1, -0.05) is 42.5 Å². The number of hydrogen-bond donors (Lipinski definition) is 2. The molecule has 0 bridgehead atoms. The maximum absolute atomic E-state index is 13.0. The average molecular weight is 466 g/mol. The summed E-state index contributed by atoms with van der Waals surface area (Å²) < 4.78 is 45.0. The smallest absolute Gasteiger partial charge is 0.416 e. The van der Waals surface area contributed by atoms with E-state index in [0.29, 0.717) is 22.5 Å². The minimum absolute atomic E-state index is 0.129. The van der Waals surface area contributed by atoms with Crippen LogP contribution in [0.25, 0.3) is 22.1 Å². The predicted octanol–water partition coefficient (Wildman–Crippen LogP) is 5.19. The topological polar surface area (TPSA) is 71.3 Å². The highest BCUT2D eigenvalue weighted by Crippen LogP contribution is 2.33. The SMILES string of the molecule is CNC(=O)CNC(=O)c1cccc(-c2cccc3oc(Cc4cccc(C(F)(F)F)c4)cc23)c1. The highest BCUT2D eigenvalue weighted by molar-refractivity contribution is 5.99. The lowest BCUT2D eigenvalue weighted by Crippen LogP contribution is -2.35. The number of benzene rings is 3. The number of alkyl halides is 3. The Morgan fingerprint density at radius 2 is 1.71 bits per heavy atom. The Hall–Kier alpha value is -4.07. The second kappa shape index (κ2) is 9.43. The zero-order valence-corrected chi connectivity index (χ0v) is 18.2. The van der Waals surface area contributed by atoms with E-state index in [9.17, 15) is 22.8 Å². The molecule has 8 heteroatoms. The third-order valence-electron chi connectivity index (χ3n) is 5.37. The fraction of sp³-hybridized carbons (Fsp3) is 0.154. The van der Waals surface area contributed by atoms with Gasteiger partial charge in [-0.15, -0.1) is 0 Å². The molecule has 0 aliphatic carbocycles. The van der Waals surface area contributed by atoms with Crippen molar-refractivity contribution >= 4 is 22.8 Å². The van der Waals surface area contributed by atoms with Crippen molar-refractivity contribution in [3.8, 4) is 11.1 Å². The van der Waals surface area contributed by atoms with Crippen LogP contribution in [-0.4, -0.2) is 25.4 Å². The molecule has 1 aromatic heterocycles. The van der Waals surface area contributed by atoms with Crippen LogP contribution >= 0.6 is 0 Å². The molecule has 34 heavy (non-hydrogen) atoms. The maximum atomic E-state index is 13.0. The zero-order valence-electron chi connectivity index (χ0n) is 18.2. The van der Waals surface area contributed by atoms with E-state index in [1.807, 2.05) is 24.3 Å². The van der Waals surface area contributed by atoms with E-state index in [1.165, 1.54) is 13.1 Å². The first-order chi connectivity index (χ1) is 16.2. The van der Waals surface area contributed by atoms with Crippen LogP contribution in [0.4, 0.5) is 13.2 Å². The number of nitrogens with one attached hydrogen (secondary N) is 2. The van der Waals surface area contributed by atoms with E-state index < -0.39 is 11.7 Å². The number of furan rings is 1. The summed E-state index contributed by atoms with van der Waals surface area (Å²) in [5.41, 5.74) is 2.36. The van der Waals surface area contributed by atoms with E-state index in [2.05, 4.69) is 10.6 Å². The van der Waals surface area contributed by atoms with Gasteiger partial charge in [0, 0.05) is 24.4 Å². The molecule has 4 rings (SSSR count). The number of carbonyl (C=O) groups is 2. The van der Waals surface area contributed by atoms with Gasteiger partial charge in [-0.2, -0.15) is 13.2 Å². The monoisotopic (exact) mass is 466 g/mol. The van der Waals surface area contributed by atoms with Gasteiger partial charge in [-0.05, 0) is 47.0 Å². The molecule has 0 saturated carbocycles. The molecule has 0 aliphatic heterocycles.